The van der Waals surface area contributed by atoms with E-state index < -0.39 is 11.9 Å². The quantitative estimate of drug-likeness (QED) is 0.448. The lowest BCUT2D eigenvalue weighted by molar-refractivity contribution is -0.140. The van der Waals surface area contributed by atoms with E-state index >= 15 is 0 Å². The monoisotopic (exact) mass is 280 g/mol. The second-order valence-electron chi connectivity index (χ2n) is 3.65. The van der Waals surface area contributed by atoms with E-state index in [9.17, 15) is 9.59 Å². The Kier molecular flexibility index (Phi) is 6.09. The highest BCUT2D eigenvalue weighted by Gasteiger charge is 2.15. The average Bonchev–Trinajstić information content (AvgIpc) is 2.50. The Bertz CT molecular complexity index is 506. The maximum absolute atomic E-state index is 11.6. The molecule has 0 aliphatic rings. The van der Waals surface area contributed by atoms with Crippen LogP contribution in [0.1, 0.15) is 15.9 Å². The predicted molar refractivity (Wildman–Crippen MR) is 69.7 cm³/mol. The molecule has 108 valence electrons. The fraction of sp³-hybridized carbons (Fsp3) is 0.286. The molecule has 0 aliphatic heterocycles. The number of benzene rings is 1. The highest BCUT2D eigenvalue weighted by Crippen LogP contribution is 2.14. The normalized spacial score (nSPS) is 10.7. The highest BCUT2D eigenvalue weighted by atomic mass is 16.6. The summed E-state index contributed by atoms with van der Waals surface area (Å²) in [5.41, 5.74) is 0.960. The SMILES string of the molecule is CO/C=C(/OCc1ccccc1C(=O)OC)C(=O)OC. The minimum absolute atomic E-state index is 0.00949. The van der Waals surface area contributed by atoms with E-state index in [0.29, 0.717) is 11.1 Å². The number of hydrogen-bond donors (Lipinski definition) is 0. The smallest absolute Gasteiger partial charge is 0.376 e. The van der Waals surface area contributed by atoms with Crippen LogP contribution in [0.5, 0.6) is 0 Å². The molecular formula is C14H16O6. The van der Waals surface area contributed by atoms with Gasteiger partial charge in [-0.1, -0.05) is 18.2 Å². The van der Waals surface area contributed by atoms with Crippen LogP contribution < -0.4 is 0 Å². The summed E-state index contributed by atoms with van der Waals surface area (Å²) in [5, 5.41) is 0. The van der Waals surface area contributed by atoms with Gasteiger partial charge >= 0.3 is 11.9 Å². The van der Waals surface area contributed by atoms with Crippen LogP contribution in [0.2, 0.25) is 0 Å². The molecule has 0 amide bonds. The molecule has 20 heavy (non-hydrogen) atoms. The molecule has 0 N–H and O–H groups in total. The lowest BCUT2D eigenvalue weighted by atomic mass is 10.1. The van der Waals surface area contributed by atoms with Crippen molar-refractivity contribution in [1.82, 2.24) is 0 Å². The zero-order chi connectivity index (χ0) is 15.0. The molecular weight excluding hydrogens is 264 g/mol. The van der Waals surface area contributed by atoms with Gasteiger partial charge in [0.05, 0.1) is 26.9 Å². The molecule has 1 rings (SSSR count). The molecule has 0 aromatic heterocycles. The maximum atomic E-state index is 11.6. The minimum Gasteiger partial charge on any atom is -0.500 e. The van der Waals surface area contributed by atoms with Gasteiger partial charge in [-0.3, -0.25) is 0 Å². The van der Waals surface area contributed by atoms with E-state index in [1.165, 1.54) is 21.3 Å². The van der Waals surface area contributed by atoms with Crippen molar-refractivity contribution in [3.63, 3.8) is 0 Å². The van der Waals surface area contributed by atoms with Crippen LogP contribution in [-0.4, -0.2) is 33.3 Å². The van der Waals surface area contributed by atoms with Gasteiger partial charge in [-0.2, -0.15) is 0 Å². The van der Waals surface area contributed by atoms with Gasteiger partial charge < -0.3 is 18.9 Å². The lowest BCUT2D eigenvalue weighted by Crippen LogP contribution is -2.11. The Morgan fingerprint density at radius 3 is 2.40 bits per heavy atom. The molecule has 0 unspecified atom stereocenters. The van der Waals surface area contributed by atoms with Gasteiger partial charge in [0.1, 0.15) is 12.9 Å². The Morgan fingerprint density at radius 1 is 1.10 bits per heavy atom. The highest BCUT2D eigenvalue weighted by molar-refractivity contribution is 5.91. The Balaban J connectivity index is 2.86. The number of hydrogen-bond acceptors (Lipinski definition) is 6. The first-order valence-electron chi connectivity index (χ1n) is 5.74. The molecule has 0 fully saturated rings. The van der Waals surface area contributed by atoms with Crippen LogP contribution in [0, 0.1) is 0 Å². The number of esters is 2. The molecule has 0 spiro atoms. The van der Waals surface area contributed by atoms with Crippen LogP contribution in [0.4, 0.5) is 0 Å². The maximum Gasteiger partial charge on any atom is 0.376 e. The van der Waals surface area contributed by atoms with Crippen LogP contribution in [0.25, 0.3) is 0 Å². The zero-order valence-corrected chi connectivity index (χ0v) is 11.5. The van der Waals surface area contributed by atoms with Gasteiger partial charge in [0.25, 0.3) is 0 Å². The van der Waals surface area contributed by atoms with E-state index in [1.54, 1.807) is 24.3 Å². The third-order valence-corrected chi connectivity index (χ3v) is 2.42. The van der Waals surface area contributed by atoms with Crippen molar-refractivity contribution in [1.29, 1.82) is 0 Å². The summed E-state index contributed by atoms with van der Waals surface area (Å²) in [6.07, 6.45) is 1.13. The van der Waals surface area contributed by atoms with Crippen molar-refractivity contribution in [2.75, 3.05) is 21.3 Å². The molecule has 0 heterocycles. The van der Waals surface area contributed by atoms with Crippen LogP contribution in [0.3, 0.4) is 0 Å². The first-order chi connectivity index (χ1) is 9.63. The van der Waals surface area contributed by atoms with E-state index in [-0.39, 0.29) is 12.4 Å². The molecule has 0 aliphatic carbocycles. The summed E-state index contributed by atoms with van der Waals surface area (Å²) in [4.78, 5) is 23.0. The topological polar surface area (TPSA) is 71.1 Å². The average molecular weight is 280 g/mol. The summed E-state index contributed by atoms with van der Waals surface area (Å²) in [7, 11) is 3.91. The first kappa shape index (κ1) is 15.6. The molecule has 0 bridgehead atoms. The molecule has 1 aromatic carbocycles. The Morgan fingerprint density at radius 2 is 1.80 bits per heavy atom. The molecule has 6 nitrogen and oxygen atoms in total. The lowest BCUT2D eigenvalue weighted by Gasteiger charge is -2.10. The second kappa shape index (κ2) is 7.83. The molecule has 0 saturated carbocycles. The summed E-state index contributed by atoms with van der Waals surface area (Å²) in [6.45, 7) is 0.00949. The van der Waals surface area contributed by atoms with Gasteiger partial charge in [0.15, 0.2) is 0 Å². The standard InChI is InChI=1S/C14H16O6/c1-17-9-12(14(16)19-3)20-8-10-6-4-5-7-11(10)13(15)18-2/h4-7,9H,8H2,1-3H3/b12-9+. The van der Waals surface area contributed by atoms with E-state index in [2.05, 4.69) is 9.47 Å². The fourth-order valence-corrected chi connectivity index (χ4v) is 1.46. The number of ether oxygens (including phenoxy) is 4. The molecule has 1 aromatic rings. The minimum atomic E-state index is -0.664. The molecule has 6 heteroatoms. The van der Waals surface area contributed by atoms with Gasteiger partial charge in [-0.25, -0.2) is 9.59 Å². The number of carbonyl (C=O) groups is 2. The van der Waals surface area contributed by atoms with E-state index in [0.717, 1.165) is 6.26 Å². The Hall–Kier alpha value is -2.50. The molecule has 0 atom stereocenters. The number of rotatable bonds is 6. The van der Waals surface area contributed by atoms with Gasteiger partial charge in [-0.15, -0.1) is 0 Å². The summed E-state index contributed by atoms with van der Waals surface area (Å²) < 4.78 is 19.3. The summed E-state index contributed by atoms with van der Waals surface area (Å²) in [5.74, 6) is -1.23. The summed E-state index contributed by atoms with van der Waals surface area (Å²) in [6, 6.07) is 6.78. The van der Waals surface area contributed by atoms with Crippen LogP contribution in [-0.2, 0) is 30.3 Å². The second-order valence-corrected chi connectivity index (χ2v) is 3.65. The van der Waals surface area contributed by atoms with Gasteiger partial charge in [-0.05, 0) is 6.07 Å². The predicted octanol–water partition coefficient (Wildman–Crippen LogP) is 1.65. The van der Waals surface area contributed by atoms with Crippen LogP contribution >= 0.6 is 0 Å². The third-order valence-electron chi connectivity index (χ3n) is 2.42. The first-order valence-corrected chi connectivity index (χ1v) is 5.74. The van der Waals surface area contributed by atoms with Crippen molar-refractivity contribution in [2.45, 2.75) is 6.61 Å². The van der Waals surface area contributed by atoms with Gasteiger partial charge in [0.2, 0.25) is 5.76 Å². The third kappa shape index (κ3) is 4.01. The van der Waals surface area contributed by atoms with Crippen molar-refractivity contribution in [2.24, 2.45) is 0 Å². The van der Waals surface area contributed by atoms with Crippen LogP contribution in [0.15, 0.2) is 36.3 Å². The largest absolute Gasteiger partial charge is 0.500 e. The van der Waals surface area contributed by atoms with Crippen molar-refractivity contribution >= 4 is 11.9 Å². The fourth-order valence-electron chi connectivity index (χ4n) is 1.46. The molecule has 0 saturated heterocycles. The van der Waals surface area contributed by atoms with E-state index in [4.69, 9.17) is 9.47 Å². The number of carbonyl (C=O) groups excluding carboxylic acids is 2. The zero-order valence-electron chi connectivity index (χ0n) is 11.5. The molecule has 0 radical (unpaired) electrons. The Labute approximate surface area is 116 Å². The van der Waals surface area contributed by atoms with Crippen molar-refractivity contribution in [3.8, 4) is 0 Å². The number of methoxy groups -OCH3 is 3. The van der Waals surface area contributed by atoms with Crippen molar-refractivity contribution in [3.05, 3.63) is 47.4 Å². The van der Waals surface area contributed by atoms with Crippen molar-refractivity contribution < 1.29 is 28.5 Å². The summed E-state index contributed by atoms with van der Waals surface area (Å²) >= 11 is 0. The van der Waals surface area contributed by atoms with E-state index in [1.807, 2.05) is 0 Å². The van der Waals surface area contributed by atoms with Gasteiger partial charge in [0, 0.05) is 5.56 Å².